The minimum Gasteiger partial charge on any atom is -0.496 e. The van der Waals surface area contributed by atoms with E-state index in [2.05, 4.69) is 10.2 Å². The maximum Gasteiger partial charge on any atom is 0.269 e. The normalized spacial score (nSPS) is 10.5. The van der Waals surface area contributed by atoms with E-state index in [4.69, 9.17) is 15.2 Å². The molecule has 0 bridgehead atoms. The van der Waals surface area contributed by atoms with Crippen molar-refractivity contribution in [3.8, 4) is 22.8 Å². The highest BCUT2D eigenvalue weighted by Crippen LogP contribution is 2.37. The van der Waals surface area contributed by atoms with Crippen LogP contribution >= 0.6 is 0 Å². The number of benzene rings is 1. The zero-order chi connectivity index (χ0) is 14.0. The second-order valence-corrected chi connectivity index (χ2v) is 4.11. The lowest BCUT2D eigenvalue weighted by atomic mass is 10.0. The molecule has 0 saturated heterocycles. The predicted molar refractivity (Wildman–Crippen MR) is 72.6 cm³/mol. The fourth-order valence-electron chi connectivity index (χ4n) is 2.16. The van der Waals surface area contributed by atoms with Crippen molar-refractivity contribution in [3.63, 3.8) is 0 Å². The van der Waals surface area contributed by atoms with Gasteiger partial charge >= 0.3 is 0 Å². The van der Waals surface area contributed by atoms with Crippen LogP contribution in [-0.4, -0.2) is 24.4 Å². The van der Waals surface area contributed by atoms with E-state index in [1.165, 1.54) is 0 Å². The van der Waals surface area contributed by atoms with Crippen LogP contribution < -0.4 is 20.8 Å². The summed E-state index contributed by atoms with van der Waals surface area (Å²) in [5.74, 6) is 1.39. The Hall–Kier alpha value is -2.21. The SMILES string of the molecule is COc1ccc(-c2[nH][nH]c(=O)c2CN)c(OC)c1C. The van der Waals surface area contributed by atoms with E-state index in [0.29, 0.717) is 17.0 Å². The number of aromatic amines is 2. The third-order valence-electron chi connectivity index (χ3n) is 3.13. The number of rotatable bonds is 4. The average molecular weight is 263 g/mol. The number of nitrogens with one attached hydrogen (secondary N) is 2. The van der Waals surface area contributed by atoms with Gasteiger partial charge < -0.3 is 15.2 Å². The van der Waals surface area contributed by atoms with Crippen LogP contribution in [0.1, 0.15) is 11.1 Å². The van der Waals surface area contributed by atoms with Crippen LogP contribution in [0.4, 0.5) is 0 Å². The van der Waals surface area contributed by atoms with Crippen LogP contribution in [0.3, 0.4) is 0 Å². The molecule has 1 aromatic heterocycles. The Morgan fingerprint density at radius 2 is 1.95 bits per heavy atom. The first-order valence-corrected chi connectivity index (χ1v) is 5.85. The molecule has 0 aliphatic rings. The van der Waals surface area contributed by atoms with Gasteiger partial charge in [-0.05, 0) is 19.1 Å². The molecule has 0 atom stereocenters. The third kappa shape index (κ3) is 2.10. The van der Waals surface area contributed by atoms with Crippen molar-refractivity contribution in [2.75, 3.05) is 14.2 Å². The summed E-state index contributed by atoms with van der Waals surface area (Å²) in [4.78, 5) is 11.6. The zero-order valence-electron chi connectivity index (χ0n) is 11.2. The molecule has 2 rings (SSSR count). The minimum atomic E-state index is -0.215. The van der Waals surface area contributed by atoms with Gasteiger partial charge in [-0.1, -0.05) is 0 Å². The van der Waals surface area contributed by atoms with Crippen LogP contribution in [0.25, 0.3) is 11.3 Å². The van der Waals surface area contributed by atoms with E-state index in [9.17, 15) is 4.79 Å². The Labute approximate surface area is 110 Å². The Bertz CT molecular complexity index is 643. The summed E-state index contributed by atoms with van der Waals surface area (Å²) in [6, 6.07) is 3.67. The van der Waals surface area contributed by atoms with E-state index < -0.39 is 0 Å². The number of H-pyrrole nitrogens is 2. The van der Waals surface area contributed by atoms with Crippen LogP contribution in [-0.2, 0) is 6.54 Å². The molecule has 0 aliphatic heterocycles. The molecule has 0 radical (unpaired) electrons. The van der Waals surface area contributed by atoms with Gasteiger partial charge in [0.15, 0.2) is 0 Å². The molecular weight excluding hydrogens is 246 g/mol. The number of hydrogen-bond acceptors (Lipinski definition) is 4. The summed E-state index contributed by atoms with van der Waals surface area (Å²) in [5, 5.41) is 5.38. The smallest absolute Gasteiger partial charge is 0.269 e. The molecule has 0 aliphatic carbocycles. The molecule has 19 heavy (non-hydrogen) atoms. The standard InChI is InChI=1S/C13H17N3O3/c1-7-10(18-2)5-4-8(12(7)19-3)11-9(6-14)13(17)16-15-11/h4-5H,6,14H2,1-3H3,(H2,15,16,17). The first-order valence-electron chi connectivity index (χ1n) is 5.85. The summed E-state index contributed by atoms with van der Waals surface area (Å²) in [5.41, 5.74) is 8.19. The maximum absolute atomic E-state index is 11.6. The van der Waals surface area contributed by atoms with Crippen LogP contribution in [0.15, 0.2) is 16.9 Å². The number of nitrogens with two attached hydrogens (primary N) is 1. The quantitative estimate of drug-likeness (QED) is 0.771. The summed E-state index contributed by atoms with van der Waals surface area (Å²) in [7, 11) is 3.18. The zero-order valence-corrected chi connectivity index (χ0v) is 11.2. The van der Waals surface area contributed by atoms with Crippen LogP contribution in [0.5, 0.6) is 11.5 Å². The second kappa shape index (κ2) is 5.19. The molecule has 2 aromatic rings. The van der Waals surface area contributed by atoms with E-state index >= 15 is 0 Å². The molecule has 0 amide bonds. The van der Waals surface area contributed by atoms with Gasteiger partial charge in [0, 0.05) is 17.7 Å². The highest BCUT2D eigenvalue weighted by Gasteiger charge is 2.17. The first-order chi connectivity index (χ1) is 9.13. The number of methoxy groups -OCH3 is 2. The second-order valence-electron chi connectivity index (χ2n) is 4.11. The number of hydrogen-bond donors (Lipinski definition) is 3. The molecule has 1 aromatic carbocycles. The predicted octanol–water partition coefficient (Wildman–Crippen LogP) is 1.15. The van der Waals surface area contributed by atoms with E-state index in [1.54, 1.807) is 14.2 Å². The van der Waals surface area contributed by atoms with Crippen molar-refractivity contribution < 1.29 is 9.47 Å². The summed E-state index contributed by atoms with van der Waals surface area (Å²) in [6.45, 7) is 2.05. The van der Waals surface area contributed by atoms with Crippen molar-refractivity contribution in [2.45, 2.75) is 13.5 Å². The average Bonchev–Trinajstić information content (AvgIpc) is 2.79. The number of aromatic nitrogens is 2. The van der Waals surface area contributed by atoms with E-state index in [0.717, 1.165) is 16.9 Å². The molecule has 6 nitrogen and oxygen atoms in total. The van der Waals surface area contributed by atoms with Gasteiger partial charge in [0.25, 0.3) is 5.56 Å². The third-order valence-corrected chi connectivity index (χ3v) is 3.13. The molecule has 0 saturated carbocycles. The Kier molecular flexibility index (Phi) is 3.62. The van der Waals surface area contributed by atoms with Crippen molar-refractivity contribution in [3.05, 3.63) is 33.6 Å². The summed E-state index contributed by atoms with van der Waals surface area (Å²) < 4.78 is 10.7. The first kappa shape index (κ1) is 13.2. The summed E-state index contributed by atoms with van der Waals surface area (Å²) >= 11 is 0. The van der Waals surface area contributed by atoms with Gasteiger partial charge in [0.05, 0.1) is 25.5 Å². The summed E-state index contributed by atoms with van der Waals surface area (Å²) in [6.07, 6.45) is 0. The Morgan fingerprint density at radius 1 is 1.21 bits per heavy atom. The van der Waals surface area contributed by atoms with Crippen LogP contribution in [0, 0.1) is 6.92 Å². The number of ether oxygens (including phenoxy) is 2. The maximum atomic E-state index is 11.6. The van der Waals surface area contributed by atoms with Crippen molar-refractivity contribution in [1.29, 1.82) is 0 Å². The lowest BCUT2D eigenvalue weighted by molar-refractivity contribution is 0.390. The monoisotopic (exact) mass is 263 g/mol. The Balaban J connectivity index is 2.68. The lowest BCUT2D eigenvalue weighted by Crippen LogP contribution is -2.10. The van der Waals surface area contributed by atoms with Gasteiger partial charge in [-0.2, -0.15) is 0 Å². The molecule has 4 N–H and O–H groups in total. The van der Waals surface area contributed by atoms with Crippen molar-refractivity contribution in [2.24, 2.45) is 5.73 Å². The van der Waals surface area contributed by atoms with Gasteiger partial charge in [0.1, 0.15) is 11.5 Å². The molecule has 6 heteroatoms. The van der Waals surface area contributed by atoms with Gasteiger partial charge in [-0.25, -0.2) is 0 Å². The van der Waals surface area contributed by atoms with Gasteiger partial charge in [-0.3, -0.25) is 15.0 Å². The van der Waals surface area contributed by atoms with Crippen molar-refractivity contribution in [1.82, 2.24) is 10.2 Å². The van der Waals surface area contributed by atoms with E-state index in [1.807, 2.05) is 19.1 Å². The van der Waals surface area contributed by atoms with Crippen LogP contribution in [0.2, 0.25) is 0 Å². The van der Waals surface area contributed by atoms with Crippen molar-refractivity contribution >= 4 is 0 Å². The molecule has 0 unspecified atom stereocenters. The van der Waals surface area contributed by atoms with E-state index in [-0.39, 0.29) is 12.1 Å². The minimum absolute atomic E-state index is 0.155. The molecular formula is C13H17N3O3. The molecule has 0 spiro atoms. The molecule has 0 fully saturated rings. The Morgan fingerprint density at radius 3 is 2.53 bits per heavy atom. The highest BCUT2D eigenvalue weighted by molar-refractivity contribution is 5.73. The van der Waals surface area contributed by atoms with Gasteiger partial charge in [0.2, 0.25) is 0 Å². The largest absolute Gasteiger partial charge is 0.496 e. The fraction of sp³-hybridized carbons (Fsp3) is 0.308. The fourth-order valence-corrected chi connectivity index (χ4v) is 2.16. The van der Waals surface area contributed by atoms with Gasteiger partial charge in [-0.15, -0.1) is 0 Å². The lowest BCUT2D eigenvalue weighted by Gasteiger charge is -2.14. The highest BCUT2D eigenvalue weighted by atomic mass is 16.5. The topological polar surface area (TPSA) is 93.1 Å². The molecule has 102 valence electrons. The molecule has 1 heterocycles.